The molecule has 1 aromatic rings. The van der Waals surface area contributed by atoms with E-state index in [9.17, 15) is 9.59 Å². The van der Waals surface area contributed by atoms with Crippen molar-refractivity contribution in [3.8, 4) is 12.3 Å². The van der Waals surface area contributed by atoms with Gasteiger partial charge in [0.1, 0.15) is 10.6 Å². The molecule has 0 aliphatic carbocycles. The van der Waals surface area contributed by atoms with E-state index < -0.39 is 17.9 Å². The zero-order valence-corrected chi connectivity index (χ0v) is 10.3. The molecule has 0 spiro atoms. The number of halogens is 1. The first kappa shape index (κ1) is 13.2. The van der Waals surface area contributed by atoms with Crippen molar-refractivity contribution >= 4 is 27.8 Å². The van der Waals surface area contributed by atoms with Gasteiger partial charge in [-0.25, -0.2) is 9.78 Å². The molecule has 0 saturated heterocycles. The molecule has 1 heterocycles. The van der Waals surface area contributed by atoms with Crippen LogP contribution in [-0.2, 0) is 4.79 Å². The Labute approximate surface area is 106 Å². The number of hydrogen-bond acceptors (Lipinski definition) is 3. The van der Waals surface area contributed by atoms with Crippen molar-refractivity contribution in [2.45, 2.75) is 12.5 Å². The first-order chi connectivity index (χ1) is 8.06. The van der Waals surface area contributed by atoms with Crippen LogP contribution in [0.25, 0.3) is 0 Å². The number of carboxylic acids is 1. The van der Waals surface area contributed by atoms with Gasteiger partial charge in [-0.15, -0.1) is 12.3 Å². The minimum atomic E-state index is -1.17. The highest BCUT2D eigenvalue weighted by Gasteiger charge is 2.20. The molecular formula is C11H9BrN2O3. The highest BCUT2D eigenvalue weighted by molar-refractivity contribution is 9.10. The summed E-state index contributed by atoms with van der Waals surface area (Å²) < 4.78 is 0.349. The number of carboxylic acid groups (broad SMARTS) is 1. The Morgan fingerprint density at radius 1 is 1.65 bits per heavy atom. The average molecular weight is 297 g/mol. The molecule has 1 atom stereocenters. The second-order valence-electron chi connectivity index (χ2n) is 3.11. The molecule has 0 bridgehead atoms. The number of hydrogen-bond donors (Lipinski definition) is 2. The van der Waals surface area contributed by atoms with Gasteiger partial charge in [-0.05, 0) is 28.1 Å². The molecule has 17 heavy (non-hydrogen) atoms. The predicted octanol–water partition coefficient (Wildman–Crippen LogP) is 1.05. The number of nitrogens with one attached hydrogen (secondary N) is 1. The summed E-state index contributed by atoms with van der Waals surface area (Å²) in [5.41, 5.74) is 0.260. The first-order valence-corrected chi connectivity index (χ1v) is 5.43. The van der Waals surface area contributed by atoms with Crippen molar-refractivity contribution in [3.63, 3.8) is 0 Å². The van der Waals surface area contributed by atoms with Gasteiger partial charge in [0.15, 0.2) is 0 Å². The van der Waals surface area contributed by atoms with Gasteiger partial charge >= 0.3 is 5.97 Å². The maximum atomic E-state index is 11.7. The van der Waals surface area contributed by atoms with Crippen LogP contribution in [-0.4, -0.2) is 28.0 Å². The third-order valence-electron chi connectivity index (χ3n) is 1.93. The largest absolute Gasteiger partial charge is 0.480 e. The van der Waals surface area contributed by atoms with Crippen LogP contribution < -0.4 is 5.32 Å². The lowest BCUT2D eigenvalue weighted by molar-refractivity contribution is -0.139. The van der Waals surface area contributed by atoms with Gasteiger partial charge in [-0.3, -0.25) is 4.79 Å². The molecule has 1 aromatic heterocycles. The SMILES string of the molecule is C#CCC(NC(=O)c1cccnc1Br)C(=O)O. The van der Waals surface area contributed by atoms with E-state index in [0.717, 1.165) is 0 Å². The third-order valence-corrected chi connectivity index (χ3v) is 2.56. The monoisotopic (exact) mass is 296 g/mol. The van der Waals surface area contributed by atoms with E-state index >= 15 is 0 Å². The Hall–Kier alpha value is -1.87. The van der Waals surface area contributed by atoms with Crippen LogP contribution >= 0.6 is 15.9 Å². The van der Waals surface area contributed by atoms with Gasteiger partial charge in [0.2, 0.25) is 0 Å². The molecule has 1 rings (SSSR count). The van der Waals surface area contributed by atoms with Crippen molar-refractivity contribution in [3.05, 3.63) is 28.5 Å². The number of terminal acetylenes is 1. The van der Waals surface area contributed by atoms with Gasteiger partial charge in [-0.1, -0.05) is 0 Å². The molecule has 0 aliphatic rings. The van der Waals surface area contributed by atoms with Crippen molar-refractivity contribution < 1.29 is 14.7 Å². The van der Waals surface area contributed by atoms with E-state index in [2.05, 4.69) is 32.2 Å². The molecule has 0 aliphatic heterocycles. The van der Waals surface area contributed by atoms with Crippen LogP contribution in [0.4, 0.5) is 0 Å². The number of aromatic nitrogens is 1. The molecule has 88 valence electrons. The number of rotatable bonds is 4. The quantitative estimate of drug-likeness (QED) is 0.643. The van der Waals surface area contributed by atoms with Crippen LogP contribution in [0.15, 0.2) is 22.9 Å². The van der Waals surface area contributed by atoms with E-state index in [1.807, 2.05) is 0 Å². The second-order valence-corrected chi connectivity index (χ2v) is 3.87. The number of nitrogens with zero attached hydrogens (tertiary/aromatic N) is 1. The molecular weight excluding hydrogens is 288 g/mol. The van der Waals surface area contributed by atoms with E-state index in [4.69, 9.17) is 11.5 Å². The summed E-state index contributed by atoms with van der Waals surface area (Å²) in [6.07, 6.45) is 6.47. The average Bonchev–Trinajstić information content (AvgIpc) is 2.28. The Morgan fingerprint density at radius 2 is 2.35 bits per heavy atom. The zero-order valence-electron chi connectivity index (χ0n) is 8.68. The maximum absolute atomic E-state index is 11.7. The smallest absolute Gasteiger partial charge is 0.327 e. The number of carbonyl (C=O) groups excluding carboxylic acids is 1. The second kappa shape index (κ2) is 6.01. The van der Waals surface area contributed by atoms with Crippen LogP contribution in [0.1, 0.15) is 16.8 Å². The van der Waals surface area contributed by atoms with Gasteiger partial charge in [0.25, 0.3) is 5.91 Å². The third kappa shape index (κ3) is 3.57. The zero-order chi connectivity index (χ0) is 12.8. The van der Waals surface area contributed by atoms with Crippen molar-refractivity contribution in [1.82, 2.24) is 10.3 Å². The molecule has 0 aromatic carbocycles. The number of aliphatic carboxylic acids is 1. The number of carbonyl (C=O) groups is 2. The molecule has 1 amide bonds. The Bertz CT molecular complexity index is 482. The summed E-state index contributed by atoms with van der Waals surface area (Å²) in [5, 5.41) is 11.2. The summed E-state index contributed by atoms with van der Waals surface area (Å²) in [7, 11) is 0. The van der Waals surface area contributed by atoms with Gasteiger partial charge in [0.05, 0.1) is 5.56 Å². The highest BCUT2D eigenvalue weighted by Crippen LogP contribution is 2.12. The number of amides is 1. The van der Waals surface area contributed by atoms with Gasteiger partial charge in [-0.2, -0.15) is 0 Å². The Morgan fingerprint density at radius 3 is 2.88 bits per heavy atom. The summed E-state index contributed by atoms with van der Waals surface area (Å²) in [6, 6.07) is 2.01. The molecule has 6 heteroatoms. The lowest BCUT2D eigenvalue weighted by atomic mass is 10.2. The fourth-order valence-electron chi connectivity index (χ4n) is 1.11. The van der Waals surface area contributed by atoms with E-state index in [1.165, 1.54) is 12.3 Å². The number of pyridine rings is 1. The molecule has 2 N–H and O–H groups in total. The molecule has 5 nitrogen and oxygen atoms in total. The van der Waals surface area contributed by atoms with Crippen molar-refractivity contribution in [2.75, 3.05) is 0 Å². The van der Waals surface area contributed by atoms with Crippen molar-refractivity contribution in [2.24, 2.45) is 0 Å². The van der Waals surface area contributed by atoms with Crippen LogP contribution in [0.2, 0.25) is 0 Å². The summed E-state index contributed by atoms with van der Waals surface area (Å²) in [6.45, 7) is 0. The fourth-order valence-corrected chi connectivity index (χ4v) is 1.54. The lowest BCUT2D eigenvalue weighted by Crippen LogP contribution is -2.40. The standard InChI is InChI=1S/C11H9BrN2O3/c1-2-4-8(11(16)17)14-10(15)7-5-3-6-13-9(7)12/h1,3,5-6,8H,4H2,(H,14,15)(H,16,17). The maximum Gasteiger partial charge on any atom is 0.327 e. The molecule has 0 fully saturated rings. The van der Waals surface area contributed by atoms with E-state index in [-0.39, 0.29) is 12.0 Å². The van der Waals surface area contributed by atoms with Crippen LogP contribution in [0, 0.1) is 12.3 Å². The van der Waals surface area contributed by atoms with Gasteiger partial charge < -0.3 is 10.4 Å². The van der Waals surface area contributed by atoms with Crippen LogP contribution in [0.5, 0.6) is 0 Å². The fraction of sp³-hybridized carbons (Fsp3) is 0.182. The topological polar surface area (TPSA) is 79.3 Å². The summed E-state index contributed by atoms with van der Waals surface area (Å²) in [4.78, 5) is 26.4. The van der Waals surface area contributed by atoms with Gasteiger partial charge in [0, 0.05) is 12.6 Å². The van der Waals surface area contributed by atoms with E-state index in [1.54, 1.807) is 6.07 Å². The minimum absolute atomic E-state index is 0.0705. The highest BCUT2D eigenvalue weighted by atomic mass is 79.9. The predicted molar refractivity (Wildman–Crippen MR) is 64.3 cm³/mol. The van der Waals surface area contributed by atoms with E-state index in [0.29, 0.717) is 4.60 Å². The molecule has 1 unspecified atom stereocenters. The Kier molecular flexibility index (Phi) is 4.67. The molecule has 0 radical (unpaired) electrons. The minimum Gasteiger partial charge on any atom is -0.480 e. The summed E-state index contributed by atoms with van der Waals surface area (Å²) in [5.74, 6) is 0.493. The lowest BCUT2D eigenvalue weighted by Gasteiger charge is -2.12. The summed E-state index contributed by atoms with van der Waals surface area (Å²) >= 11 is 3.10. The normalized spacial score (nSPS) is 11.3. The first-order valence-electron chi connectivity index (χ1n) is 4.64. The van der Waals surface area contributed by atoms with Crippen molar-refractivity contribution in [1.29, 1.82) is 0 Å². The molecule has 0 saturated carbocycles. The Balaban J connectivity index is 2.82. The van der Waals surface area contributed by atoms with Crippen LogP contribution in [0.3, 0.4) is 0 Å².